The summed E-state index contributed by atoms with van der Waals surface area (Å²) in [4.78, 5) is 27.8. The number of hydrogen-bond acceptors (Lipinski definition) is 4. The van der Waals surface area contributed by atoms with Crippen LogP contribution in [-0.2, 0) is 16.0 Å². The van der Waals surface area contributed by atoms with Crippen LogP contribution in [0.15, 0.2) is 29.6 Å². The molecule has 4 nitrogen and oxygen atoms in total. The lowest BCUT2D eigenvalue weighted by atomic mass is 9.91. The third kappa shape index (κ3) is 5.23. The summed E-state index contributed by atoms with van der Waals surface area (Å²) in [5, 5.41) is 11.6. The van der Waals surface area contributed by atoms with Crippen molar-refractivity contribution >= 4 is 23.1 Å². The van der Waals surface area contributed by atoms with Gasteiger partial charge < -0.3 is 5.11 Å². The van der Waals surface area contributed by atoms with Crippen LogP contribution < -0.4 is 0 Å². The number of hydrogen-bond donors (Lipinski definition) is 1. The van der Waals surface area contributed by atoms with Crippen LogP contribution in [-0.4, -0.2) is 21.8 Å². The van der Waals surface area contributed by atoms with Crippen LogP contribution in [0.5, 0.6) is 0 Å². The average molecular weight is 349 g/mol. The number of aromatic nitrogens is 1. The Bertz CT molecular complexity index is 727. The molecular weight excluding hydrogens is 329 g/mol. The number of carboxylic acids is 1. The summed E-state index contributed by atoms with van der Waals surface area (Å²) >= 11 is 1.34. The molecule has 0 bridgehead atoms. The van der Waals surface area contributed by atoms with E-state index in [0.29, 0.717) is 22.7 Å². The first-order chi connectivity index (χ1) is 11.3. The molecule has 128 valence electrons. The van der Waals surface area contributed by atoms with Crippen molar-refractivity contribution in [2.24, 2.45) is 11.8 Å². The predicted octanol–water partition coefficient (Wildman–Crippen LogP) is 4.20. The number of carbonyl (C=O) groups excluding carboxylic acids is 1. The van der Waals surface area contributed by atoms with Crippen LogP contribution in [0.4, 0.5) is 4.39 Å². The van der Waals surface area contributed by atoms with Crippen molar-refractivity contribution in [3.63, 3.8) is 0 Å². The highest BCUT2D eigenvalue weighted by molar-refractivity contribution is 7.13. The van der Waals surface area contributed by atoms with Crippen LogP contribution in [0.2, 0.25) is 0 Å². The van der Waals surface area contributed by atoms with Crippen molar-refractivity contribution in [3.8, 4) is 10.6 Å². The summed E-state index contributed by atoms with van der Waals surface area (Å²) in [5.74, 6) is -1.84. The highest BCUT2D eigenvalue weighted by atomic mass is 32.1. The van der Waals surface area contributed by atoms with Crippen LogP contribution in [0.3, 0.4) is 0 Å². The van der Waals surface area contributed by atoms with Crippen LogP contribution >= 0.6 is 11.3 Å². The molecule has 0 amide bonds. The normalized spacial score (nSPS) is 12.3. The van der Waals surface area contributed by atoms with E-state index in [2.05, 4.69) is 4.98 Å². The highest BCUT2D eigenvalue weighted by Gasteiger charge is 2.22. The lowest BCUT2D eigenvalue weighted by molar-refractivity contribution is -0.144. The Morgan fingerprint density at radius 3 is 2.71 bits per heavy atom. The molecule has 0 radical (unpaired) electrons. The van der Waals surface area contributed by atoms with Gasteiger partial charge in [0, 0.05) is 23.8 Å². The second-order valence-corrected chi connectivity index (χ2v) is 7.10. The van der Waals surface area contributed by atoms with Crippen molar-refractivity contribution in [1.29, 1.82) is 0 Å². The van der Waals surface area contributed by atoms with E-state index in [4.69, 9.17) is 0 Å². The Labute approximate surface area is 144 Å². The molecule has 0 aliphatic carbocycles. The van der Waals surface area contributed by atoms with Gasteiger partial charge in [-0.2, -0.15) is 0 Å². The first-order valence-corrected chi connectivity index (χ1v) is 8.68. The third-order valence-electron chi connectivity index (χ3n) is 3.58. The topological polar surface area (TPSA) is 67.3 Å². The van der Waals surface area contributed by atoms with Crippen LogP contribution in [0.25, 0.3) is 10.6 Å². The van der Waals surface area contributed by atoms with Gasteiger partial charge in [0.25, 0.3) is 0 Å². The maximum atomic E-state index is 13.3. The molecule has 0 saturated heterocycles. The zero-order valence-corrected chi connectivity index (χ0v) is 14.5. The fraction of sp³-hybridized carbons (Fsp3) is 0.389. The van der Waals surface area contributed by atoms with Gasteiger partial charge in [-0.3, -0.25) is 9.59 Å². The number of ketones is 1. The lowest BCUT2D eigenvalue weighted by Gasteiger charge is -2.13. The standard InChI is InChI=1S/C18H20FNO3S/c1-11(2)6-13(18(22)23)8-16(21)9-15-10-24-17(20-15)12-4-3-5-14(19)7-12/h3-5,7,10-11,13H,6,8-9H2,1-2H3,(H,22,23)/t13-/m1/s1. The molecule has 24 heavy (non-hydrogen) atoms. The minimum Gasteiger partial charge on any atom is -0.481 e. The summed E-state index contributed by atoms with van der Waals surface area (Å²) < 4.78 is 13.3. The van der Waals surface area contributed by atoms with Gasteiger partial charge in [-0.15, -0.1) is 11.3 Å². The molecule has 0 spiro atoms. The molecule has 0 aliphatic rings. The molecule has 1 heterocycles. The van der Waals surface area contributed by atoms with E-state index < -0.39 is 11.9 Å². The Kier molecular flexibility index (Phi) is 6.20. The Morgan fingerprint density at radius 2 is 2.08 bits per heavy atom. The van der Waals surface area contributed by atoms with E-state index in [1.807, 2.05) is 13.8 Å². The zero-order valence-electron chi connectivity index (χ0n) is 13.7. The van der Waals surface area contributed by atoms with Gasteiger partial charge in [-0.25, -0.2) is 9.37 Å². The Morgan fingerprint density at radius 1 is 1.33 bits per heavy atom. The molecule has 2 rings (SSSR count). The molecule has 0 fully saturated rings. The number of carbonyl (C=O) groups is 2. The molecule has 0 saturated carbocycles. The summed E-state index contributed by atoms with van der Waals surface area (Å²) in [7, 11) is 0. The maximum Gasteiger partial charge on any atom is 0.306 e. The lowest BCUT2D eigenvalue weighted by Crippen LogP contribution is -2.20. The van der Waals surface area contributed by atoms with E-state index in [0.717, 1.165) is 0 Å². The summed E-state index contributed by atoms with van der Waals surface area (Å²) in [6.45, 7) is 3.87. The van der Waals surface area contributed by atoms with Gasteiger partial charge in [0.2, 0.25) is 0 Å². The number of benzene rings is 1. The zero-order chi connectivity index (χ0) is 17.7. The molecule has 2 aromatic rings. The minimum atomic E-state index is -0.934. The number of nitrogens with zero attached hydrogens (tertiary/aromatic N) is 1. The van der Waals surface area contributed by atoms with Crippen LogP contribution in [0.1, 0.15) is 32.4 Å². The quantitative estimate of drug-likeness (QED) is 0.776. The van der Waals surface area contributed by atoms with Gasteiger partial charge in [0.15, 0.2) is 0 Å². The number of thiazole rings is 1. The van der Waals surface area contributed by atoms with Gasteiger partial charge in [-0.05, 0) is 24.5 Å². The van der Waals surface area contributed by atoms with Crippen molar-refractivity contribution < 1.29 is 19.1 Å². The summed E-state index contributed by atoms with van der Waals surface area (Å²) in [5.41, 5.74) is 1.26. The van der Waals surface area contributed by atoms with E-state index in [9.17, 15) is 19.1 Å². The Hall–Kier alpha value is -2.08. The maximum absolute atomic E-state index is 13.3. The average Bonchev–Trinajstić information content (AvgIpc) is 2.94. The monoisotopic (exact) mass is 349 g/mol. The van der Waals surface area contributed by atoms with Gasteiger partial charge in [-0.1, -0.05) is 26.0 Å². The van der Waals surface area contributed by atoms with Crippen LogP contribution in [0, 0.1) is 17.7 Å². The molecule has 1 aromatic carbocycles. The number of Topliss-reactive ketones (excluding diaryl/α,β-unsaturated/α-hetero) is 1. The molecule has 6 heteroatoms. The molecule has 0 unspecified atom stereocenters. The van der Waals surface area contributed by atoms with Crippen molar-refractivity contribution in [2.45, 2.75) is 33.1 Å². The fourth-order valence-electron chi connectivity index (χ4n) is 2.53. The molecule has 1 atom stereocenters. The van der Waals surface area contributed by atoms with E-state index in [-0.39, 0.29) is 30.4 Å². The highest BCUT2D eigenvalue weighted by Crippen LogP contribution is 2.25. The minimum absolute atomic E-state index is 0.0142. The van der Waals surface area contributed by atoms with Crippen molar-refractivity contribution in [3.05, 3.63) is 41.2 Å². The second kappa shape index (κ2) is 8.15. The summed E-state index contributed by atoms with van der Waals surface area (Å²) in [6.07, 6.45) is 0.598. The molecule has 0 aliphatic heterocycles. The summed E-state index contributed by atoms with van der Waals surface area (Å²) in [6, 6.07) is 6.13. The fourth-order valence-corrected chi connectivity index (χ4v) is 3.35. The smallest absolute Gasteiger partial charge is 0.306 e. The van der Waals surface area contributed by atoms with Gasteiger partial charge >= 0.3 is 5.97 Å². The number of carboxylic acid groups (broad SMARTS) is 1. The first-order valence-electron chi connectivity index (χ1n) is 7.80. The molecule has 1 aromatic heterocycles. The molecule has 1 N–H and O–H groups in total. The number of aliphatic carboxylic acids is 1. The van der Waals surface area contributed by atoms with Crippen molar-refractivity contribution in [2.75, 3.05) is 0 Å². The molecular formula is C18H20FNO3S. The largest absolute Gasteiger partial charge is 0.481 e. The van der Waals surface area contributed by atoms with E-state index >= 15 is 0 Å². The van der Waals surface area contributed by atoms with Gasteiger partial charge in [0.1, 0.15) is 16.6 Å². The van der Waals surface area contributed by atoms with Crippen molar-refractivity contribution in [1.82, 2.24) is 4.98 Å². The predicted molar refractivity (Wildman–Crippen MR) is 91.4 cm³/mol. The van der Waals surface area contributed by atoms with E-state index in [1.165, 1.54) is 23.5 Å². The SMILES string of the molecule is CC(C)C[C@H](CC(=O)Cc1csc(-c2cccc(F)c2)n1)C(=O)O. The second-order valence-electron chi connectivity index (χ2n) is 6.24. The number of halogens is 1. The van der Waals surface area contributed by atoms with Gasteiger partial charge in [0.05, 0.1) is 11.6 Å². The number of rotatable bonds is 8. The Balaban J connectivity index is 2.01. The first kappa shape index (κ1) is 18.3. The van der Waals surface area contributed by atoms with E-state index in [1.54, 1.807) is 17.5 Å². The third-order valence-corrected chi connectivity index (χ3v) is 4.52.